The van der Waals surface area contributed by atoms with Gasteiger partial charge >= 0.3 is 5.97 Å². The Morgan fingerprint density at radius 2 is 1.90 bits per heavy atom. The molecule has 4 nitrogen and oxygen atoms in total. The molecule has 1 aliphatic carbocycles. The molecule has 2 aliphatic rings. The Bertz CT molecular complexity index is 593. The van der Waals surface area contributed by atoms with E-state index in [4.69, 9.17) is 0 Å². The van der Waals surface area contributed by atoms with Crippen LogP contribution in [0.1, 0.15) is 26.3 Å². The third-order valence-corrected chi connectivity index (χ3v) is 4.80. The molecule has 1 N–H and O–H groups in total. The summed E-state index contributed by atoms with van der Waals surface area (Å²) in [5.41, 5.74) is 1.66. The van der Waals surface area contributed by atoms with Crippen molar-refractivity contribution >= 4 is 17.6 Å². The highest BCUT2D eigenvalue weighted by Crippen LogP contribution is 2.59. The maximum absolute atomic E-state index is 12.8. The molecule has 0 spiro atoms. The molecule has 1 aromatic rings. The standard InChI is InChI=1S/C16H19NO3/c1-9-8-10-6-4-5-7-11(10)17(9)14(18)12-13(15(19)20)16(12,2)3/h4-7,9,12-13H,8H2,1-3H3,(H,19,20)/t9?,12-,13+/m1/s1. The molecule has 1 amide bonds. The predicted octanol–water partition coefficient (Wildman–Crippen LogP) is 2.32. The van der Waals surface area contributed by atoms with Crippen LogP contribution in [0, 0.1) is 17.3 Å². The number of amides is 1. The number of rotatable bonds is 2. The van der Waals surface area contributed by atoms with E-state index in [1.54, 1.807) is 4.90 Å². The first-order chi connectivity index (χ1) is 9.35. The average molecular weight is 273 g/mol. The molecule has 106 valence electrons. The van der Waals surface area contributed by atoms with Crippen LogP contribution < -0.4 is 4.90 Å². The molecule has 4 heteroatoms. The molecular formula is C16H19NO3. The van der Waals surface area contributed by atoms with Gasteiger partial charge in [0.2, 0.25) is 5.91 Å². The molecule has 3 atom stereocenters. The molecule has 1 aromatic carbocycles. The number of hydrogen-bond donors (Lipinski definition) is 1. The lowest BCUT2D eigenvalue weighted by atomic mass is 10.1. The molecule has 1 aliphatic heterocycles. The minimum atomic E-state index is -0.867. The molecule has 1 heterocycles. The second kappa shape index (κ2) is 4.08. The third-order valence-electron chi connectivity index (χ3n) is 4.80. The molecule has 0 bridgehead atoms. The third kappa shape index (κ3) is 1.67. The fraction of sp³-hybridized carbons (Fsp3) is 0.500. The summed E-state index contributed by atoms with van der Waals surface area (Å²) in [5, 5.41) is 9.24. The van der Waals surface area contributed by atoms with Gasteiger partial charge in [-0.1, -0.05) is 32.0 Å². The number of carbonyl (C=O) groups is 2. The Morgan fingerprint density at radius 3 is 2.50 bits per heavy atom. The van der Waals surface area contributed by atoms with Gasteiger partial charge in [0.25, 0.3) is 0 Å². The summed E-state index contributed by atoms with van der Waals surface area (Å²) < 4.78 is 0. The van der Waals surface area contributed by atoms with Crippen LogP contribution in [-0.2, 0) is 16.0 Å². The van der Waals surface area contributed by atoms with Gasteiger partial charge in [0.1, 0.15) is 0 Å². The van der Waals surface area contributed by atoms with Crippen LogP contribution in [0.2, 0.25) is 0 Å². The summed E-state index contributed by atoms with van der Waals surface area (Å²) in [6.45, 7) is 5.74. The zero-order valence-electron chi connectivity index (χ0n) is 12.0. The van der Waals surface area contributed by atoms with E-state index in [0.29, 0.717) is 0 Å². The number of carbonyl (C=O) groups excluding carboxylic acids is 1. The molecule has 1 fully saturated rings. The van der Waals surface area contributed by atoms with E-state index in [1.807, 2.05) is 45.0 Å². The molecular weight excluding hydrogens is 254 g/mol. The van der Waals surface area contributed by atoms with Crippen molar-refractivity contribution in [2.24, 2.45) is 17.3 Å². The van der Waals surface area contributed by atoms with Crippen LogP contribution in [0.25, 0.3) is 0 Å². The SMILES string of the molecule is CC1Cc2ccccc2N1C(=O)[C@H]1[C@@H](C(=O)O)C1(C)C. The van der Waals surface area contributed by atoms with Crippen molar-refractivity contribution in [2.45, 2.75) is 33.2 Å². The highest BCUT2D eigenvalue weighted by atomic mass is 16.4. The average Bonchev–Trinajstić information content (AvgIpc) is 2.79. The van der Waals surface area contributed by atoms with E-state index < -0.39 is 23.2 Å². The number of aliphatic carboxylic acids is 1. The molecule has 0 aromatic heterocycles. The van der Waals surface area contributed by atoms with E-state index in [0.717, 1.165) is 12.1 Å². The van der Waals surface area contributed by atoms with Crippen LogP contribution >= 0.6 is 0 Å². The van der Waals surface area contributed by atoms with E-state index in [-0.39, 0.29) is 11.9 Å². The topological polar surface area (TPSA) is 57.6 Å². The van der Waals surface area contributed by atoms with Crippen molar-refractivity contribution < 1.29 is 14.7 Å². The highest BCUT2D eigenvalue weighted by Gasteiger charge is 2.67. The second-order valence-electron chi connectivity index (χ2n) is 6.51. The number of benzene rings is 1. The first kappa shape index (κ1) is 13.2. The van der Waals surface area contributed by atoms with Crippen molar-refractivity contribution in [3.8, 4) is 0 Å². The minimum absolute atomic E-state index is 0.0418. The minimum Gasteiger partial charge on any atom is -0.481 e. The largest absolute Gasteiger partial charge is 0.481 e. The van der Waals surface area contributed by atoms with Gasteiger partial charge in [-0.05, 0) is 30.4 Å². The van der Waals surface area contributed by atoms with Gasteiger partial charge in [-0.15, -0.1) is 0 Å². The maximum atomic E-state index is 12.8. The van der Waals surface area contributed by atoms with Crippen LogP contribution in [-0.4, -0.2) is 23.0 Å². The number of anilines is 1. The van der Waals surface area contributed by atoms with Gasteiger partial charge in [0.15, 0.2) is 0 Å². The van der Waals surface area contributed by atoms with E-state index in [2.05, 4.69) is 0 Å². The van der Waals surface area contributed by atoms with Crippen molar-refractivity contribution in [3.05, 3.63) is 29.8 Å². The van der Waals surface area contributed by atoms with E-state index >= 15 is 0 Å². The summed E-state index contributed by atoms with van der Waals surface area (Å²) in [6, 6.07) is 7.98. The first-order valence-corrected chi connectivity index (χ1v) is 6.99. The van der Waals surface area contributed by atoms with Gasteiger partial charge < -0.3 is 10.0 Å². The van der Waals surface area contributed by atoms with Crippen molar-refractivity contribution in [1.82, 2.24) is 0 Å². The van der Waals surface area contributed by atoms with Gasteiger partial charge in [-0.3, -0.25) is 9.59 Å². The second-order valence-corrected chi connectivity index (χ2v) is 6.51. The van der Waals surface area contributed by atoms with Gasteiger partial charge in [0, 0.05) is 11.7 Å². The lowest BCUT2D eigenvalue weighted by molar-refractivity contribution is -0.140. The summed E-state index contributed by atoms with van der Waals surface area (Å²) in [7, 11) is 0. The Hall–Kier alpha value is -1.84. The van der Waals surface area contributed by atoms with Gasteiger partial charge in [0.05, 0.1) is 11.8 Å². The van der Waals surface area contributed by atoms with E-state index in [9.17, 15) is 14.7 Å². The number of carboxylic acid groups (broad SMARTS) is 1. The number of carboxylic acids is 1. The number of nitrogens with zero attached hydrogens (tertiary/aromatic N) is 1. The van der Waals surface area contributed by atoms with Crippen LogP contribution in [0.15, 0.2) is 24.3 Å². The molecule has 1 unspecified atom stereocenters. The normalized spacial score (nSPS) is 29.9. The Kier molecular flexibility index (Phi) is 2.68. The van der Waals surface area contributed by atoms with Crippen molar-refractivity contribution in [3.63, 3.8) is 0 Å². The zero-order valence-corrected chi connectivity index (χ0v) is 12.0. The molecule has 3 rings (SSSR count). The molecule has 1 saturated carbocycles. The Balaban J connectivity index is 1.91. The van der Waals surface area contributed by atoms with Crippen LogP contribution in [0.4, 0.5) is 5.69 Å². The van der Waals surface area contributed by atoms with E-state index in [1.165, 1.54) is 5.56 Å². The van der Waals surface area contributed by atoms with Crippen molar-refractivity contribution in [1.29, 1.82) is 0 Å². The highest BCUT2D eigenvalue weighted by molar-refractivity contribution is 6.03. The summed E-state index contributed by atoms with van der Waals surface area (Å²) in [5.74, 6) is -1.88. The number of fused-ring (bicyclic) bond motifs is 1. The predicted molar refractivity (Wildman–Crippen MR) is 75.5 cm³/mol. The summed E-state index contributed by atoms with van der Waals surface area (Å²) >= 11 is 0. The molecule has 0 radical (unpaired) electrons. The molecule has 0 saturated heterocycles. The van der Waals surface area contributed by atoms with Crippen LogP contribution in [0.5, 0.6) is 0 Å². The monoisotopic (exact) mass is 273 g/mol. The summed E-state index contributed by atoms with van der Waals surface area (Å²) in [6.07, 6.45) is 0.840. The zero-order chi connectivity index (χ0) is 14.7. The number of hydrogen-bond acceptors (Lipinski definition) is 2. The smallest absolute Gasteiger partial charge is 0.307 e. The van der Waals surface area contributed by atoms with Gasteiger partial charge in [-0.25, -0.2) is 0 Å². The summed E-state index contributed by atoms with van der Waals surface area (Å²) in [4.78, 5) is 25.8. The fourth-order valence-electron chi connectivity index (χ4n) is 3.61. The first-order valence-electron chi connectivity index (χ1n) is 6.99. The quantitative estimate of drug-likeness (QED) is 0.899. The molecule has 20 heavy (non-hydrogen) atoms. The fourth-order valence-corrected chi connectivity index (χ4v) is 3.61. The van der Waals surface area contributed by atoms with Crippen LogP contribution in [0.3, 0.4) is 0 Å². The number of para-hydroxylation sites is 1. The lowest BCUT2D eigenvalue weighted by Crippen LogP contribution is -2.38. The van der Waals surface area contributed by atoms with Crippen molar-refractivity contribution in [2.75, 3.05) is 4.90 Å². The Labute approximate surface area is 118 Å². The van der Waals surface area contributed by atoms with Gasteiger partial charge in [-0.2, -0.15) is 0 Å². The maximum Gasteiger partial charge on any atom is 0.307 e. The lowest BCUT2D eigenvalue weighted by Gasteiger charge is -2.23. The Morgan fingerprint density at radius 1 is 1.25 bits per heavy atom.